The third-order valence-corrected chi connectivity index (χ3v) is 3.94. The fourth-order valence-corrected chi connectivity index (χ4v) is 2.47. The summed E-state index contributed by atoms with van der Waals surface area (Å²) in [5, 5.41) is 9.90. The molecular formula is C14H21N3O2. The first-order valence-corrected chi connectivity index (χ1v) is 6.50. The Morgan fingerprint density at radius 1 is 1.32 bits per heavy atom. The zero-order valence-electron chi connectivity index (χ0n) is 11.6. The summed E-state index contributed by atoms with van der Waals surface area (Å²) in [6.07, 6.45) is 0. The Kier molecular flexibility index (Phi) is 3.66. The number of piperazine rings is 1. The zero-order valence-corrected chi connectivity index (χ0v) is 11.6. The van der Waals surface area contributed by atoms with E-state index < -0.39 is 0 Å². The summed E-state index contributed by atoms with van der Waals surface area (Å²) >= 11 is 0. The first kappa shape index (κ1) is 13.7. The number of nitrogens with zero attached hydrogens (tertiary/aromatic N) is 2. The molecule has 2 unspecified atom stereocenters. The second-order valence-corrected chi connectivity index (χ2v) is 5.32. The molecule has 1 aliphatic rings. The zero-order chi connectivity index (χ0) is 14.2. The molecule has 1 aromatic carbocycles. The molecule has 0 aromatic heterocycles. The molecule has 2 rings (SSSR count). The summed E-state index contributed by atoms with van der Waals surface area (Å²) in [4.78, 5) is 16.5. The molecule has 1 heterocycles. The van der Waals surface area contributed by atoms with Crippen LogP contribution in [0, 0.1) is 0 Å². The van der Waals surface area contributed by atoms with Gasteiger partial charge in [0.2, 0.25) is 0 Å². The quantitative estimate of drug-likeness (QED) is 0.589. The van der Waals surface area contributed by atoms with Crippen LogP contribution in [0.2, 0.25) is 0 Å². The number of carbonyl (C=O) groups excluding carboxylic acids is 1. The molecule has 1 fully saturated rings. The van der Waals surface area contributed by atoms with Gasteiger partial charge in [-0.2, -0.15) is 0 Å². The number of carbonyl (C=O) groups is 1. The lowest BCUT2D eigenvalue weighted by Gasteiger charge is -2.42. The van der Waals surface area contributed by atoms with Crippen molar-refractivity contribution in [1.29, 1.82) is 0 Å². The Morgan fingerprint density at radius 3 is 2.47 bits per heavy atom. The summed E-state index contributed by atoms with van der Waals surface area (Å²) in [6, 6.07) is 5.49. The second kappa shape index (κ2) is 5.09. The molecule has 5 nitrogen and oxygen atoms in total. The predicted octanol–water partition coefficient (Wildman–Crippen LogP) is 1.14. The molecule has 0 aliphatic carbocycles. The molecule has 0 saturated carbocycles. The molecule has 19 heavy (non-hydrogen) atoms. The summed E-state index contributed by atoms with van der Waals surface area (Å²) in [5.74, 6) is -0.275. The minimum Gasteiger partial charge on any atom is -0.505 e. The van der Waals surface area contributed by atoms with Crippen molar-refractivity contribution in [1.82, 2.24) is 9.80 Å². The van der Waals surface area contributed by atoms with Crippen LogP contribution in [0.4, 0.5) is 5.69 Å². The fraction of sp³-hybridized carbons (Fsp3) is 0.500. The van der Waals surface area contributed by atoms with Crippen molar-refractivity contribution in [3.63, 3.8) is 0 Å². The van der Waals surface area contributed by atoms with Crippen molar-refractivity contribution in [3.8, 4) is 5.75 Å². The van der Waals surface area contributed by atoms with Crippen LogP contribution in [0.25, 0.3) is 0 Å². The smallest absolute Gasteiger partial charge is 0.257 e. The van der Waals surface area contributed by atoms with E-state index in [4.69, 9.17) is 5.73 Å². The lowest BCUT2D eigenvalue weighted by molar-refractivity contribution is 0.0412. The van der Waals surface area contributed by atoms with Gasteiger partial charge in [0.1, 0.15) is 0 Å². The van der Waals surface area contributed by atoms with Crippen molar-refractivity contribution in [2.75, 3.05) is 25.9 Å². The number of benzene rings is 1. The van der Waals surface area contributed by atoms with Crippen molar-refractivity contribution >= 4 is 11.6 Å². The summed E-state index contributed by atoms with van der Waals surface area (Å²) in [7, 11) is 2.06. The largest absolute Gasteiger partial charge is 0.505 e. The number of phenols is 1. The van der Waals surface area contributed by atoms with E-state index in [1.165, 1.54) is 0 Å². The number of likely N-dealkylation sites (N-methyl/N-ethyl adjacent to an activating group) is 1. The summed E-state index contributed by atoms with van der Waals surface area (Å²) in [6.45, 7) is 5.51. The van der Waals surface area contributed by atoms with Gasteiger partial charge in [0.05, 0.1) is 11.3 Å². The molecule has 0 radical (unpaired) electrons. The predicted molar refractivity (Wildman–Crippen MR) is 75.1 cm³/mol. The van der Waals surface area contributed by atoms with Gasteiger partial charge in [0.15, 0.2) is 5.75 Å². The van der Waals surface area contributed by atoms with Gasteiger partial charge in [-0.25, -0.2) is 0 Å². The van der Waals surface area contributed by atoms with Gasteiger partial charge in [0, 0.05) is 25.2 Å². The molecule has 0 bridgehead atoms. The van der Waals surface area contributed by atoms with Crippen LogP contribution in [0.5, 0.6) is 5.75 Å². The second-order valence-electron chi connectivity index (χ2n) is 5.32. The normalized spacial score (nSPS) is 24.5. The number of hydrogen-bond acceptors (Lipinski definition) is 4. The number of hydrogen-bond donors (Lipinski definition) is 2. The molecule has 0 spiro atoms. The lowest BCUT2D eigenvalue weighted by atomic mass is 10.1. The highest BCUT2D eigenvalue weighted by atomic mass is 16.3. The average Bonchev–Trinajstić information content (AvgIpc) is 2.38. The van der Waals surface area contributed by atoms with Crippen LogP contribution in [-0.4, -0.2) is 53.0 Å². The van der Waals surface area contributed by atoms with Gasteiger partial charge in [-0.05, 0) is 33.0 Å². The Balaban J connectivity index is 2.23. The highest BCUT2D eigenvalue weighted by molar-refractivity contribution is 5.98. The average molecular weight is 263 g/mol. The van der Waals surface area contributed by atoms with E-state index in [1.807, 2.05) is 0 Å². The SMILES string of the molecule is CC1CN(C(=O)c2cccc(N)c2O)CC(C)N1C. The van der Waals surface area contributed by atoms with Gasteiger partial charge >= 0.3 is 0 Å². The lowest BCUT2D eigenvalue weighted by Crippen LogP contribution is -2.56. The monoisotopic (exact) mass is 263 g/mol. The van der Waals surface area contributed by atoms with E-state index in [0.29, 0.717) is 25.2 Å². The van der Waals surface area contributed by atoms with Crippen molar-refractivity contribution in [3.05, 3.63) is 23.8 Å². The van der Waals surface area contributed by atoms with Crippen molar-refractivity contribution < 1.29 is 9.90 Å². The standard InChI is InChI=1S/C14H21N3O2/c1-9-7-17(8-10(2)16(9)3)14(19)11-5-4-6-12(15)13(11)18/h4-6,9-10,18H,7-8,15H2,1-3H3. The molecule has 1 saturated heterocycles. The van der Waals surface area contributed by atoms with Crippen LogP contribution < -0.4 is 5.73 Å². The van der Waals surface area contributed by atoms with Crippen molar-refractivity contribution in [2.45, 2.75) is 25.9 Å². The van der Waals surface area contributed by atoms with Crippen LogP contribution in [0.1, 0.15) is 24.2 Å². The van der Waals surface area contributed by atoms with Crippen molar-refractivity contribution in [2.24, 2.45) is 0 Å². The number of anilines is 1. The molecular weight excluding hydrogens is 242 g/mol. The van der Waals surface area contributed by atoms with Crippen LogP contribution >= 0.6 is 0 Å². The number of rotatable bonds is 1. The van der Waals surface area contributed by atoms with Crippen LogP contribution in [0.3, 0.4) is 0 Å². The Morgan fingerprint density at radius 2 is 1.89 bits per heavy atom. The maximum atomic E-state index is 12.5. The van der Waals surface area contributed by atoms with Gasteiger partial charge in [-0.3, -0.25) is 9.69 Å². The van der Waals surface area contributed by atoms with E-state index in [0.717, 1.165) is 0 Å². The first-order chi connectivity index (χ1) is 8.91. The van der Waals surface area contributed by atoms with Gasteiger partial charge in [-0.1, -0.05) is 6.07 Å². The molecule has 3 N–H and O–H groups in total. The van der Waals surface area contributed by atoms with E-state index in [2.05, 4.69) is 25.8 Å². The van der Waals surface area contributed by atoms with Gasteiger partial charge in [0.25, 0.3) is 5.91 Å². The Labute approximate surface area is 113 Å². The van der Waals surface area contributed by atoms with E-state index in [-0.39, 0.29) is 22.9 Å². The number of nitrogen functional groups attached to an aromatic ring is 1. The Bertz CT molecular complexity index is 478. The topological polar surface area (TPSA) is 69.8 Å². The van der Waals surface area contributed by atoms with Crippen LogP contribution in [-0.2, 0) is 0 Å². The number of phenolic OH excluding ortho intramolecular Hbond substituents is 1. The molecule has 104 valence electrons. The first-order valence-electron chi connectivity index (χ1n) is 6.50. The minimum absolute atomic E-state index is 0.119. The van der Waals surface area contributed by atoms with Crippen LogP contribution in [0.15, 0.2) is 18.2 Å². The molecule has 1 aliphatic heterocycles. The third kappa shape index (κ3) is 2.51. The number of para-hydroxylation sites is 1. The number of nitrogens with two attached hydrogens (primary N) is 1. The highest BCUT2D eigenvalue weighted by Gasteiger charge is 2.30. The maximum Gasteiger partial charge on any atom is 0.257 e. The molecule has 2 atom stereocenters. The van der Waals surface area contributed by atoms with E-state index in [1.54, 1.807) is 23.1 Å². The van der Waals surface area contributed by atoms with Gasteiger partial charge in [-0.15, -0.1) is 0 Å². The molecule has 1 amide bonds. The minimum atomic E-state index is -0.156. The highest BCUT2D eigenvalue weighted by Crippen LogP contribution is 2.26. The molecule has 1 aromatic rings. The summed E-state index contributed by atoms with van der Waals surface area (Å²) < 4.78 is 0. The molecule has 5 heteroatoms. The van der Waals surface area contributed by atoms with E-state index >= 15 is 0 Å². The van der Waals surface area contributed by atoms with E-state index in [9.17, 15) is 9.90 Å². The summed E-state index contributed by atoms with van der Waals surface area (Å²) in [5.41, 5.74) is 6.15. The third-order valence-electron chi connectivity index (χ3n) is 3.94. The van der Waals surface area contributed by atoms with Gasteiger partial charge < -0.3 is 15.7 Å². The number of amides is 1. The maximum absolute atomic E-state index is 12.5. The number of aromatic hydroxyl groups is 1. The Hall–Kier alpha value is -1.75. The fourth-order valence-electron chi connectivity index (χ4n) is 2.47.